The number of carbonyl (C=O) groups excluding carboxylic acids is 1. The van der Waals surface area contributed by atoms with Crippen molar-refractivity contribution in [3.8, 4) is 0 Å². The van der Waals surface area contributed by atoms with Crippen molar-refractivity contribution < 1.29 is 24.0 Å². The maximum atomic E-state index is 13.2. The molecule has 6 nitrogen and oxygen atoms in total. The van der Waals surface area contributed by atoms with Crippen LogP contribution in [-0.4, -0.2) is 48.4 Å². The van der Waals surface area contributed by atoms with Crippen LogP contribution in [0, 0.1) is 12.8 Å². The van der Waals surface area contributed by atoms with Crippen LogP contribution in [0.5, 0.6) is 0 Å². The molecule has 1 aromatic rings. The molecule has 5 atom stereocenters. The molecule has 1 unspecified atom stereocenters. The van der Waals surface area contributed by atoms with Gasteiger partial charge >= 0.3 is 5.97 Å². The summed E-state index contributed by atoms with van der Waals surface area (Å²) in [5.41, 5.74) is 2.87. The van der Waals surface area contributed by atoms with Gasteiger partial charge in [-0.25, -0.2) is 4.98 Å². The van der Waals surface area contributed by atoms with Gasteiger partial charge in [-0.3, -0.25) is 9.00 Å². The second kappa shape index (κ2) is 12.4. The number of nitrogens with zero attached hydrogens (tertiary/aromatic N) is 1. The van der Waals surface area contributed by atoms with Gasteiger partial charge in [0.1, 0.15) is 6.10 Å². The first kappa shape index (κ1) is 28.6. The first-order valence-corrected chi connectivity index (χ1v) is 13.8. The number of thiazole rings is 1. The SMILES string of the molecule is C=C1[C@@H](O)[C@@H](C)CCC/C(C)=C\C[C@@H](/C(C)=C/c2csc(C)n2)OC(=O)C[C@H](O)C(C)(C)S1=O. The van der Waals surface area contributed by atoms with Crippen LogP contribution in [0.2, 0.25) is 0 Å². The van der Waals surface area contributed by atoms with E-state index < -0.39 is 39.8 Å². The highest BCUT2D eigenvalue weighted by molar-refractivity contribution is 7.90. The number of allylic oxidation sites excluding steroid dienone is 1. The number of aliphatic hydroxyl groups is 2. The molecule has 0 aliphatic carbocycles. The number of aryl methyl sites for hydroxylation is 1. The van der Waals surface area contributed by atoms with E-state index in [1.54, 1.807) is 25.2 Å². The molecule has 2 heterocycles. The molecular weight excluding hydrogens is 470 g/mol. The van der Waals surface area contributed by atoms with Gasteiger partial charge < -0.3 is 14.9 Å². The van der Waals surface area contributed by atoms with Gasteiger partial charge in [-0.2, -0.15) is 0 Å². The monoisotopic (exact) mass is 509 g/mol. The third-order valence-electron chi connectivity index (χ3n) is 6.45. The van der Waals surface area contributed by atoms with E-state index in [4.69, 9.17) is 4.74 Å². The van der Waals surface area contributed by atoms with E-state index in [9.17, 15) is 19.2 Å². The van der Waals surface area contributed by atoms with Gasteiger partial charge in [-0.1, -0.05) is 25.2 Å². The quantitative estimate of drug-likeness (QED) is 0.426. The van der Waals surface area contributed by atoms with Crippen molar-refractivity contribution in [1.82, 2.24) is 4.98 Å². The van der Waals surface area contributed by atoms with Gasteiger partial charge in [-0.15, -0.1) is 11.3 Å². The van der Waals surface area contributed by atoms with Crippen molar-refractivity contribution in [2.75, 3.05) is 0 Å². The normalized spacial score (nSPS) is 32.1. The Balaban J connectivity index is 2.34. The van der Waals surface area contributed by atoms with Crippen LogP contribution in [0.1, 0.15) is 77.4 Å². The Bertz CT molecular complexity index is 962. The largest absolute Gasteiger partial charge is 0.457 e. The number of esters is 1. The predicted octanol–water partition coefficient (Wildman–Crippen LogP) is 5.08. The van der Waals surface area contributed by atoms with E-state index in [1.807, 2.05) is 39.2 Å². The molecule has 34 heavy (non-hydrogen) atoms. The molecule has 2 N–H and O–H groups in total. The first-order valence-electron chi connectivity index (χ1n) is 11.7. The molecule has 2 rings (SSSR count). The molecule has 0 saturated carbocycles. The lowest BCUT2D eigenvalue weighted by atomic mass is 9.95. The number of carbonyl (C=O) groups is 1. The summed E-state index contributed by atoms with van der Waals surface area (Å²) in [6.07, 6.45) is 4.03. The van der Waals surface area contributed by atoms with Gasteiger partial charge in [0.25, 0.3) is 0 Å². The van der Waals surface area contributed by atoms with Gasteiger partial charge in [0.15, 0.2) is 0 Å². The Labute approximate surface area is 210 Å². The summed E-state index contributed by atoms with van der Waals surface area (Å²) in [4.78, 5) is 17.5. The standard InChI is InChI=1S/C26H39NO5S2/c1-16-9-8-10-17(2)25(30)19(4)34(31)26(6,7)23(28)14-24(29)32-22(12-11-16)18(3)13-21-15-33-20(5)27-21/h11,13,15,17,22-23,25,28,30H,4,8-10,12,14H2,1-3,5-7H3/b16-11-,18-13+/t17-,22-,23-,25-,34?/m0/s1. The molecule has 0 bridgehead atoms. The molecule has 0 spiro atoms. The third-order valence-corrected chi connectivity index (χ3v) is 9.19. The average Bonchev–Trinajstić information content (AvgIpc) is 3.18. The zero-order valence-electron chi connectivity index (χ0n) is 21.2. The van der Waals surface area contributed by atoms with Crippen LogP contribution in [0.25, 0.3) is 6.08 Å². The fourth-order valence-electron chi connectivity index (χ4n) is 3.87. The maximum absolute atomic E-state index is 13.2. The highest BCUT2D eigenvalue weighted by Crippen LogP contribution is 2.31. The van der Waals surface area contributed by atoms with Gasteiger partial charge in [0.2, 0.25) is 0 Å². The van der Waals surface area contributed by atoms with Gasteiger partial charge in [-0.05, 0) is 71.4 Å². The summed E-state index contributed by atoms with van der Waals surface area (Å²) in [6, 6.07) is 0. The van der Waals surface area contributed by atoms with Crippen molar-refractivity contribution in [1.29, 1.82) is 0 Å². The number of aromatic nitrogens is 1. The molecule has 0 radical (unpaired) electrons. The van der Waals surface area contributed by atoms with Crippen LogP contribution in [0.4, 0.5) is 0 Å². The highest BCUT2D eigenvalue weighted by Gasteiger charge is 2.39. The van der Waals surface area contributed by atoms with Crippen molar-refractivity contribution in [3.63, 3.8) is 0 Å². The van der Waals surface area contributed by atoms with Crippen LogP contribution in [0.3, 0.4) is 0 Å². The van der Waals surface area contributed by atoms with E-state index in [-0.39, 0.29) is 17.2 Å². The number of rotatable bonds is 2. The zero-order valence-corrected chi connectivity index (χ0v) is 22.8. The van der Waals surface area contributed by atoms with Gasteiger partial charge in [0.05, 0.1) is 44.9 Å². The molecule has 0 aromatic carbocycles. The van der Waals surface area contributed by atoms with E-state index in [0.29, 0.717) is 6.42 Å². The van der Waals surface area contributed by atoms with Crippen LogP contribution < -0.4 is 0 Å². The average molecular weight is 510 g/mol. The number of hydrogen-bond acceptors (Lipinski definition) is 7. The molecule has 1 aliphatic rings. The molecular formula is C26H39NO5S2. The van der Waals surface area contributed by atoms with E-state index >= 15 is 0 Å². The Morgan fingerprint density at radius 1 is 1.35 bits per heavy atom. The molecule has 0 fully saturated rings. The topological polar surface area (TPSA) is 96.7 Å². The number of ether oxygens (including phenoxy) is 1. The second-order valence-corrected chi connectivity index (χ2v) is 13.0. The van der Waals surface area contributed by atoms with Crippen molar-refractivity contribution in [2.24, 2.45) is 5.92 Å². The minimum Gasteiger partial charge on any atom is -0.457 e. The van der Waals surface area contributed by atoms with Crippen LogP contribution >= 0.6 is 11.3 Å². The minimum atomic E-state index is -1.75. The Hall–Kier alpha value is -1.61. The van der Waals surface area contributed by atoms with Crippen molar-refractivity contribution in [2.45, 2.75) is 96.7 Å². The van der Waals surface area contributed by atoms with Crippen LogP contribution in [-0.2, 0) is 20.3 Å². The molecule has 1 aliphatic heterocycles. The fourth-order valence-corrected chi connectivity index (χ4v) is 5.90. The summed E-state index contributed by atoms with van der Waals surface area (Å²) < 4.78 is 17.8. The second-order valence-electron chi connectivity index (χ2n) is 9.82. The van der Waals surface area contributed by atoms with E-state index in [1.165, 1.54) is 5.57 Å². The third kappa shape index (κ3) is 7.70. The summed E-state index contributed by atoms with van der Waals surface area (Å²) in [5.74, 6) is -0.683. The Morgan fingerprint density at radius 3 is 2.65 bits per heavy atom. The summed E-state index contributed by atoms with van der Waals surface area (Å²) in [7, 11) is -1.75. The van der Waals surface area contributed by atoms with E-state index in [2.05, 4.69) is 17.6 Å². The number of aliphatic hydroxyl groups excluding tert-OH is 2. The smallest absolute Gasteiger partial charge is 0.309 e. The molecule has 8 heteroatoms. The first-order chi connectivity index (χ1) is 15.8. The molecule has 0 amide bonds. The van der Waals surface area contributed by atoms with Crippen LogP contribution in [0.15, 0.2) is 34.1 Å². The highest BCUT2D eigenvalue weighted by atomic mass is 32.2. The van der Waals surface area contributed by atoms with Crippen molar-refractivity contribution >= 4 is 34.2 Å². The fraction of sp³-hybridized carbons (Fsp3) is 0.615. The van der Waals surface area contributed by atoms with Gasteiger partial charge in [0, 0.05) is 16.7 Å². The molecule has 1 aromatic heterocycles. The number of hydrogen-bond donors (Lipinski definition) is 2. The summed E-state index contributed by atoms with van der Waals surface area (Å²) in [6.45, 7) is 14.9. The maximum Gasteiger partial charge on any atom is 0.309 e. The molecule has 190 valence electrons. The lowest BCUT2D eigenvalue weighted by Gasteiger charge is -2.32. The number of cyclic esters (lactones) is 1. The Morgan fingerprint density at radius 2 is 2.03 bits per heavy atom. The summed E-state index contributed by atoms with van der Waals surface area (Å²) in [5, 5.41) is 24.4. The van der Waals surface area contributed by atoms with Crippen molar-refractivity contribution in [3.05, 3.63) is 44.8 Å². The summed E-state index contributed by atoms with van der Waals surface area (Å²) >= 11 is 1.56. The predicted molar refractivity (Wildman–Crippen MR) is 140 cm³/mol. The van der Waals surface area contributed by atoms with E-state index in [0.717, 1.165) is 35.5 Å². The molecule has 0 saturated heterocycles. The minimum absolute atomic E-state index is 0.116. The lowest BCUT2D eigenvalue weighted by molar-refractivity contribution is -0.149. The Kier molecular flexibility index (Phi) is 10.4. The zero-order chi connectivity index (χ0) is 25.6. The lowest BCUT2D eigenvalue weighted by Crippen LogP contribution is -2.44.